The average molecular weight is 84.0 g/mol. The first-order chi connectivity index (χ1) is 2.77. The summed E-state index contributed by atoms with van der Waals surface area (Å²) >= 11 is 0. The first-order valence-electron chi connectivity index (χ1n) is 2.77. The molecule has 0 amide bonds. The van der Waals surface area contributed by atoms with Crippen LogP contribution < -0.4 is 0 Å². The van der Waals surface area contributed by atoms with Gasteiger partial charge >= 0.3 is 0 Å². The van der Waals surface area contributed by atoms with Gasteiger partial charge in [-0.3, -0.25) is 0 Å². The van der Waals surface area contributed by atoms with E-state index in [2.05, 4.69) is 21.7 Å². The molecular weight excluding hydrogens is 70.9 g/mol. The molecule has 0 aromatic carbocycles. The summed E-state index contributed by atoms with van der Waals surface area (Å²) in [6.45, 7) is 4.48. The van der Waals surface area contributed by atoms with Crippen LogP contribution in [0.3, 0.4) is 0 Å². The van der Waals surface area contributed by atoms with Gasteiger partial charge in [0.1, 0.15) is 7.85 Å². The van der Waals surface area contributed by atoms with Crippen LogP contribution in [0.1, 0.15) is 26.7 Å². The molecule has 0 radical (unpaired) electrons. The maximum atomic E-state index is 2.25. The Morgan fingerprint density at radius 1 is 1.67 bits per heavy atom. The maximum absolute atomic E-state index is 2.25. The van der Waals surface area contributed by atoms with Crippen molar-refractivity contribution in [2.75, 3.05) is 0 Å². The zero-order valence-corrected chi connectivity index (χ0v) is 4.99. The Balaban J connectivity index is 2.63. The fourth-order valence-corrected chi connectivity index (χ4v) is 0.577. The fraction of sp³-hybridized carbons (Fsp3) is 1.00. The van der Waals surface area contributed by atoms with Crippen LogP contribution in [0.15, 0.2) is 0 Å². The van der Waals surface area contributed by atoms with Crippen LogP contribution in [0.25, 0.3) is 0 Å². The Hall–Kier alpha value is 0.0649. The molecule has 0 fully saturated rings. The number of hydrogen-bond acceptors (Lipinski definition) is 0. The highest BCUT2D eigenvalue weighted by Gasteiger charge is 1.86. The quantitative estimate of drug-likeness (QED) is 0.441. The van der Waals surface area contributed by atoms with Crippen molar-refractivity contribution in [1.82, 2.24) is 0 Å². The zero-order valence-electron chi connectivity index (χ0n) is 4.99. The lowest BCUT2D eigenvalue weighted by atomic mass is 9.86. The summed E-state index contributed by atoms with van der Waals surface area (Å²) in [5.74, 6) is 0.898. The first-order valence-corrected chi connectivity index (χ1v) is 2.77. The van der Waals surface area contributed by atoms with Crippen molar-refractivity contribution in [2.24, 2.45) is 0 Å². The standard InChI is InChI=1S/C5H13B/c1-3-4-5(2)6/h5H,3-4,6H2,1-2H3/t5-/m1/s1. The van der Waals surface area contributed by atoms with E-state index < -0.39 is 0 Å². The van der Waals surface area contributed by atoms with E-state index in [0.717, 1.165) is 5.82 Å². The van der Waals surface area contributed by atoms with Crippen LogP contribution in [-0.2, 0) is 0 Å². The molecule has 0 aliphatic carbocycles. The predicted molar refractivity (Wildman–Crippen MR) is 32.9 cm³/mol. The van der Waals surface area contributed by atoms with E-state index in [1.165, 1.54) is 12.8 Å². The van der Waals surface area contributed by atoms with Gasteiger partial charge in [-0.25, -0.2) is 0 Å². The molecule has 0 aliphatic heterocycles. The second kappa shape index (κ2) is 3.26. The van der Waals surface area contributed by atoms with Crippen molar-refractivity contribution >= 4 is 7.85 Å². The molecule has 0 nitrogen and oxygen atoms in total. The molecule has 0 unspecified atom stereocenters. The van der Waals surface area contributed by atoms with Crippen LogP contribution in [0, 0.1) is 0 Å². The molecule has 0 heterocycles. The van der Waals surface area contributed by atoms with Gasteiger partial charge in [-0.2, -0.15) is 0 Å². The van der Waals surface area contributed by atoms with Gasteiger partial charge in [-0.1, -0.05) is 32.5 Å². The molecule has 1 heteroatoms. The van der Waals surface area contributed by atoms with Crippen molar-refractivity contribution < 1.29 is 0 Å². The lowest BCUT2D eigenvalue weighted by molar-refractivity contribution is 0.769. The van der Waals surface area contributed by atoms with E-state index in [-0.39, 0.29) is 0 Å². The summed E-state index contributed by atoms with van der Waals surface area (Å²) in [5.41, 5.74) is 0. The highest BCUT2D eigenvalue weighted by atomic mass is 13.8. The summed E-state index contributed by atoms with van der Waals surface area (Å²) in [7, 11) is 2.25. The number of hydrogen-bond donors (Lipinski definition) is 0. The normalized spacial score (nSPS) is 14.3. The maximum Gasteiger partial charge on any atom is 0.105 e. The SMILES string of the molecule is B[C@H](C)CCC. The minimum Gasteiger partial charge on any atom is -0.0725 e. The van der Waals surface area contributed by atoms with E-state index in [0.29, 0.717) is 0 Å². The van der Waals surface area contributed by atoms with Crippen LogP contribution in [-0.4, -0.2) is 7.85 Å². The van der Waals surface area contributed by atoms with E-state index >= 15 is 0 Å². The Morgan fingerprint density at radius 2 is 2.17 bits per heavy atom. The second-order valence-electron chi connectivity index (χ2n) is 2.18. The Kier molecular flexibility index (Phi) is 3.30. The van der Waals surface area contributed by atoms with Gasteiger partial charge in [0.05, 0.1) is 0 Å². The molecule has 6 heavy (non-hydrogen) atoms. The summed E-state index contributed by atoms with van der Waals surface area (Å²) in [5, 5.41) is 0. The van der Waals surface area contributed by atoms with Crippen molar-refractivity contribution in [3.8, 4) is 0 Å². The average Bonchev–Trinajstić information content (AvgIpc) is 1.35. The van der Waals surface area contributed by atoms with E-state index in [4.69, 9.17) is 0 Å². The smallest absolute Gasteiger partial charge is 0.0725 e. The van der Waals surface area contributed by atoms with Gasteiger partial charge in [-0.05, 0) is 0 Å². The van der Waals surface area contributed by atoms with Crippen molar-refractivity contribution in [2.45, 2.75) is 32.5 Å². The molecule has 0 spiro atoms. The minimum atomic E-state index is 0.898. The van der Waals surface area contributed by atoms with Crippen molar-refractivity contribution in [3.63, 3.8) is 0 Å². The molecule has 0 rings (SSSR count). The Morgan fingerprint density at radius 3 is 2.17 bits per heavy atom. The zero-order chi connectivity index (χ0) is 4.99. The number of rotatable bonds is 2. The van der Waals surface area contributed by atoms with Crippen LogP contribution in [0.5, 0.6) is 0 Å². The summed E-state index contributed by atoms with van der Waals surface area (Å²) in [6, 6.07) is 0. The third-order valence-corrected chi connectivity index (χ3v) is 0.866. The van der Waals surface area contributed by atoms with Gasteiger partial charge in [0.2, 0.25) is 0 Å². The Labute approximate surface area is 41.4 Å². The highest BCUT2D eigenvalue weighted by Crippen LogP contribution is 2.03. The third kappa shape index (κ3) is 4.06. The lowest BCUT2D eigenvalue weighted by Gasteiger charge is -1.95. The minimum absolute atomic E-state index is 0.898. The molecule has 0 aromatic heterocycles. The highest BCUT2D eigenvalue weighted by molar-refractivity contribution is 6.11. The molecular formula is C5H13B. The van der Waals surface area contributed by atoms with E-state index in [1.54, 1.807) is 0 Å². The second-order valence-corrected chi connectivity index (χ2v) is 2.18. The molecule has 0 saturated carbocycles. The monoisotopic (exact) mass is 84.1 g/mol. The predicted octanol–water partition coefficient (Wildman–Crippen LogP) is 1.23. The van der Waals surface area contributed by atoms with Crippen LogP contribution in [0.4, 0.5) is 0 Å². The Bertz CT molecular complexity index is 25.1. The molecule has 0 bridgehead atoms. The topological polar surface area (TPSA) is 0 Å². The van der Waals surface area contributed by atoms with Crippen molar-refractivity contribution in [1.29, 1.82) is 0 Å². The fourth-order valence-electron chi connectivity index (χ4n) is 0.577. The molecule has 1 atom stereocenters. The van der Waals surface area contributed by atoms with Crippen molar-refractivity contribution in [3.05, 3.63) is 0 Å². The molecule has 0 aromatic rings. The molecule has 36 valence electrons. The summed E-state index contributed by atoms with van der Waals surface area (Å²) in [6.07, 6.45) is 2.71. The van der Waals surface area contributed by atoms with E-state index in [9.17, 15) is 0 Å². The third-order valence-electron chi connectivity index (χ3n) is 0.866. The molecule has 0 saturated heterocycles. The van der Waals surface area contributed by atoms with Crippen LogP contribution >= 0.6 is 0 Å². The largest absolute Gasteiger partial charge is 0.105 e. The van der Waals surface area contributed by atoms with Gasteiger partial charge in [-0.15, -0.1) is 0 Å². The van der Waals surface area contributed by atoms with Gasteiger partial charge < -0.3 is 0 Å². The lowest BCUT2D eigenvalue weighted by Crippen LogP contribution is -1.80. The first kappa shape index (κ1) is 6.06. The van der Waals surface area contributed by atoms with Gasteiger partial charge in [0.15, 0.2) is 0 Å². The summed E-state index contributed by atoms with van der Waals surface area (Å²) < 4.78 is 0. The van der Waals surface area contributed by atoms with Gasteiger partial charge in [0, 0.05) is 0 Å². The van der Waals surface area contributed by atoms with Crippen LogP contribution in [0.2, 0.25) is 5.82 Å². The van der Waals surface area contributed by atoms with Gasteiger partial charge in [0.25, 0.3) is 0 Å². The van der Waals surface area contributed by atoms with E-state index in [1.807, 2.05) is 0 Å². The molecule has 0 aliphatic rings. The molecule has 0 N–H and O–H groups in total. The summed E-state index contributed by atoms with van der Waals surface area (Å²) in [4.78, 5) is 0.